The number of benzene rings is 1. The molecule has 1 fully saturated rings. The van der Waals surface area contributed by atoms with Crippen LogP contribution in [0.3, 0.4) is 0 Å². The van der Waals surface area contributed by atoms with Crippen LogP contribution in [0.5, 0.6) is 0 Å². The number of aromatic nitrogens is 2. The predicted octanol–water partition coefficient (Wildman–Crippen LogP) is 3.10. The van der Waals surface area contributed by atoms with Gasteiger partial charge in [-0.15, -0.1) is 0 Å². The van der Waals surface area contributed by atoms with Crippen molar-refractivity contribution in [2.24, 2.45) is 0 Å². The molecule has 27 heavy (non-hydrogen) atoms. The molecule has 2 heterocycles. The highest BCUT2D eigenvalue weighted by Gasteiger charge is 2.39. The third kappa shape index (κ3) is 4.06. The van der Waals surface area contributed by atoms with Crippen LogP contribution in [-0.2, 0) is 9.53 Å². The van der Waals surface area contributed by atoms with Gasteiger partial charge in [0.1, 0.15) is 6.04 Å². The average molecular weight is 395 g/mol. The molecule has 1 aromatic heterocycles. The Hall–Kier alpha value is -2.58. The molecule has 1 saturated heterocycles. The Morgan fingerprint density at radius 3 is 2.85 bits per heavy atom. The summed E-state index contributed by atoms with van der Waals surface area (Å²) >= 11 is 6.23. The highest BCUT2D eigenvalue weighted by atomic mass is 35.5. The fraction of sp³-hybridized carbons (Fsp3) is 0.278. The Labute approximate surface area is 159 Å². The van der Waals surface area contributed by atoms with E-state index in [4.69, 9.17) is 22.1 Å². The largest absolute Gasteiger partial charge is 0.377 e. The molecule has 0 aliphatic carbocycles. The molecule has 1 aliphatic rings. The maximum Gasteiger partial charge on any atom is 0.260 e. The van der Waals surface area contributed by atoms with E-state index in [2.05, 4.69) is 16.5 Å². The van der Waals surface area contributed by atoms with Crippen molar-refractivity contribution >= 4 is 23.5 Å². The van der Waals surface area contributed by atoms with Crippen LogP contribution in [0.1, 0.15) is 11.6 Å². The smallest absolute Gasteiger partial charge is 0.260 e. The summed E-state index contributed by atoms with van der Waals surface area (Å²) in [7, 11) is 0. The molecule has 1 amide bonds. The molecular weight excluding hydrogens is 378 g/mol. The zero-order valence-corrected chi connectivity index (χ0v) is 14.9. The minimum atomic E-state index is -2.75. The van der Waals surface area contributed by atoms with Crippen molar-refractivity contribution in [2.75, 3.05) is 18.9 Å². The molecule has 6 nitrogen and oxygen atoms in total. The molecule has 1 aliphatic heterocycles. The van der Waals surface area contributed by atoms with Gasteiger partial charge in [0.05, 0.1) is 24.9 Å². The van der Waals surface area contributed by atoms with Gasteiger partial charge in [-0.1, -0.05) is 18.2 Å². The fourth-order valence-electron chi connectivity index (χ4n) is 3.05. The summed E-state index contributed by atoms with van der Waals surface area (Å²) in [6, 6.07) is 4.55. The lowest BCUT2D eigenvalue weighted by molar-refractivity contribution is -0.151. The van der Waals surface area contributed by atoms with Crippen molar-refractivity contribution in [1.82, 2.24) is 14.9 Å². The van der Waals surface area contributed by atoms with Gasteiger partial charge in [-0.25, -0.2) is 18.7 Å². The van der Waals surface area contributed by atoms with E-state index < -0.39 is 24.4 Å². The molecule has 2 aromatic rings. The number of anilines is 1. The van der Waals surface area contributed by atoms with E-state index in [1.807, 2.05) is 0 Å². The van der Waals surface area contributed by atoms with Crippen molar-refractivity contribution < 1.29 is 18.3 Å². The highest BCUT2D eigenvalue weighted by Crippen LogP contribution is 2.34. The highest BCUT2D eigenvalue weighted by molar-refractivity contribution is 6.31. The zero-order valence-electron chi connectivity index (χ0n) is 14.2. The van der Waals surface area contributed by atoms with Crippen LogP contribution in [0, 0.1) is 0 Å². The van der Waals surface area contributed by atoms with E-state index >= 15 is 0 Å². The van der Waals surface area contributed by atoms with Gasteiger partial charge in [-0.2, -0.15) is 0 Å². The summed E-state index contributed by atoms with van der Waals surface area (Å²) in [5.41, 5.74) is 7.32. The third-order valence-electron chi connectivity index (χ3n) is 4.25. The first-order valence-electron chi connectivity index (χ1n) is 8.10. The fourth-order valence-corrected chi connectivity index (χ4v) is 3.30. The van der Waals surface area contributed by atoms with Gasteiger partial charge in [0.2, 0.25) is 11.9 Å². The summed E-state index contributed by atoms with van der Waals surface area (Å²) in [6.07, 6.45) is -0.232. The van der Waals surface area contributed by atoms with Crippen LogP contribution in [-0.4, -0.2) is 46.5 Å². The second kappa shape index (κ2) is 7.98. The normalized spacial score (nSPS) is 19.9. The lowest BCUT2D eigenvalue weighted by atomic mass is 9.98. The first kappa shape index (κ1) is 19.2. The number of halogens is 3. The lowest BCUT2D eigenvalue weighted by Crippen LogP contribution is -2.53. The maximum absolute atomic E-state index is 13.5. The second-order valence-corrected chi connectivity index (χ2v) is 6.41. The number of rotatable bonds is 4. The van der Waals surface area contributed by atoms with Crippen molar-refractivity contribution in [2.45, 2.75) is 18.5 Å². The Bertz CT molecular complexity index is 865. The van der Waals surface area contributed by atoms with Gasteiger partial charge in [0.15, 0.2) is 0 Å². The number of morpholine rings is 1. The number of carbonyl (C=O) groups excluding carboxylic acids is 1. The molecule has 2 N–H and O–H groups in total. The van der Waals surface area contributed by atoms with Gasteiger partial charge in [0, 0.05) is 16.8 Å². The zero-order chi connectivity index (χ0) is 19.6. The van der Waals surface area contributed by atoms with Crippen LogP contribution < -0.4 is 5.73 Å². The summed E-state index contributed by atoms with van der Waals surface area (Å²) < 4.78 is 32.3. The molecule has 0 radical (unpaired) electrons. The van der Waals surface area contributed by atoms with Gasteiger partial charge in [-0.05, 0) is 35.9 Å². The summed E-state index contributed by atoms with van der Waals surface area (Å²) in [4.78, 5) is 21.4. The molecule has 1 aromatic carbocycles. The molecule has 0 spiro atoms. The number of amides is 1. The Morgan fingerprint density at radius 1 is 1.41 bits per heavy atom. The Kier molecular flexibility index (Phi) is 5.67. The van der Waals surface area contributed by atoms with Crippen molar-refractivity contribution in [1.29, 1.82) is 0 Å². The Balaban J connectivity index is 2.05. The molecule has 1 unspecified atom stereocenters. The number of carbonyl (C=O) groups is 1. The third-order valence-corrected chi connectivity index (χ3v) is 4.47. The van der Waals surface area contributed by atoms with E-state index in [-0.39, 0.29) is 19.2 Å². The standard InChI is InChI=1S/C18H17ClF2N4O2/c1-2-16(26)25-14(8-27-9-15(25)17(20)21)11-5-10(6-12(19)7-11)13-3-4-23-18(22)24-13/h2-7,14-15,17H,1,8-9H2,(H2,22,23,24)/t14-,15?/m0/s1. The molecule has 2 atom stereocenters. The molecule has 0 saturated carbocycles. The molecular formula is C18H17ClF2N4O2. The molecule has 142 valence electrons. The Morgan fingerprint density at radius 2 is 2.19 bits per heavy atom. The number of hydrogen-bond donors (Lipinski definition) is 1. The number of ether oxygens (including phenoxy) is 1. The average Bonchev–Trinajstić information content (AvgIpc) is 2.66. The number of nitrogen functional groups attached to an aromatic ring is 1. The summed E-state index contributed by atoms with van der Waals surface area (Å²) in [5.74, 6) is -0.502. The molecule has 3 rings (SSSR count). The quantitative estimate of drug-likeness (QED) is 0.806. The number of hydrogen-bond acceptors (Lipinski definition) is 5. The number of nitrogens with two attached hydrogens (primary N) is 1. The topological polar surface area (TPSA) is 81.3 Å². The van der Waals surface area contributed by atoms with Gasteiger partial charge >= 0.3 is 0 Å². The predicted molar refractivity (Wildman–Crippen MR) is 97.3 cm³/mol. The first-order valence-corrected chi connectivity index (χ1v) is 8.48. The van der Waals surface area contributed by atoms with Crippen LogP contribution in [0.25, 0.3) is 11.3 Å². The van der Waals surface area contributed by atoms with E-state index in [1.165, 1.54) is 6.20 Å². The van der Waals surface area contributed by atoms with E-state index in [0.29, 0.717) is 21.8 Å². The van der Waals surface area contributed by atoms with Crippen LogP contribution in [0.2, 0.25) is 5.02 Å². The lowest BCUT2D eigenvalue weighted by Gasteiger charge is -2.41. The van der Waals surface area contributed by atoms with E-state index in [1.54, 1.807) is 24.3 Å². The number of nitrogens with zero attached hydrogens (tertiary/aromatic N) is 3. The minimum absolute atomic E-state index is 0.0640. The van der Waals surface area contributed by atoms with Crippen LogP contribution >= 0.6 is 11.6 Å². The summed E-state index contributed by atoms with van der Waals surface area (Å²) in [5, 5.41) is 0.366. The van der Waals surface area contributed by atoms with E-state index in [9.17, 15) is 13.6 Å². The van der Waals surface area contributed by atoms with Crippen molar-refractivity contribution in [3.8, 4) is 11.3 Å². The van der Waals surface area contributed by atoms with Crippen LogP contribution in [0.15, 0.2) is 43.1 Å². The minimum Gasteiger partial charge on any atom is -0.377 e. The second-order valence-electron chi connectivity index (χ2n) is 5.98. The van der Waals surface area contributed by atoms with Crippen molar-refractivity contribution in [3.63, 3.8) is 0 Å². The first-order chi connectivity index (χ1) is 12.9. The SMILES string of the molecule is C=CC(=O)N1C(C(F)F)COC[C@H]1c1cc(Cl)cc(-c2ccnc(N)n2)c1. The summed E-state index contributed by atoms with van der Waals surface area (Å²) in [6.45, 7) is 3.23. The maximum atomic E-state index is 13.5. The van der Waals surface area contributed by atoms with Gasteiger partial charge in [0.25, 0.3) is 6.43 Å². The van der Waals surface area contributed by atoms with Crippen LogP contribution in [0.4, 0.5) is 14.7 Å². The molecule has 9 heteroatoms. The monoisotopic (exact) mass is 394 g/mol. The molecule has 0 bridgehead atoms. The number of alkyl halides is 2. The van der Waals surface area contributed by atoms with Gasteiger partial charge in [-0.3, -0.25) is 4.79 Å². The van der Waals surface area contributed by atoms with Crippen molar-refractivity contribution in [3.05, 3.63) is 53.7 Å². The van der Waals surface area contributed by atoms with E-state index in [0.717, 1.165) is 11.0 Å². The van der Waals surface area contributed by atoms with Gasteiger partial charge < -0.3 is 15.4 Å².